The maximum Gasteiger partial charge on any atom is 0.243 e. The topological polar surface area (TPSA) is 49.4 Å². The molecule has 0 aliphatic heterocycles. The minimum atomic E-state index is -0.789. The van der Waals surface area contributed by atoms with E-state index in [9.17, 15) is 18.4 Å². The van der Waals surface area contributed by atoms with Crippen LogP contribution in [-0.4, -0.2) is 35.1 Å². The molecule has 184 valence electrons. The van der Waals surface area contributed by atoms with Gasteiger partial charge in [0.2, 0.25) is 11.8 Å². The van der Waals surface area contributed by atoms with Crippen LogP contribution in [-0.2, 0) is 28.3 Å². The second kappa shape index (κ2) is 13.6. The highest BCUT2D eigenvalue weighted by atomic mass is 32.2. The van der Waals surface area contributed by atoms with Crippen molar-refractivity contribution < 1.29 is 18.4 Å². The predicted molar refractivity (Wildman–Crippen MR) is 137 cm³/mol. The Morgan fingerprint density at radius 3 is 2.29 bits per heavy atom. The molecule has 0 bridgehead atoms. The van der Waals surface area contributed by atoms with Crippen LogP contribution < -0.4 is 5.32 Å². The number of carbonyl (C=O) groups excluding carboxylic acids is 2. The van der Waals surface area contributed by atoms with Crippen molar-refractivity contribution in [2.75, 3.05) is 12.3 Å². The Kier molecular flexibility index (Phi) is 10.3. The van der Waals surface area contributed by atoms with Gasteiger partial charge in [-0.05, 0) is 35.7 Å². The normalized spacial score (nSPS) is 11.6. The largest absolute Gasteiger partial charge is 0.354 e. The molecular weight excluding hydrogens is 466 g/mol. The van der Waals surface area contributed by atoms with Gasteiger partial charge in [0, 0.05) is 30.8 Å². The minimum absolute atomic E-state index is 0.0142. The summed E-state index contributed by atoms with van der Waals surface area (Å²) in [4.78, 5) is 28.1. The van der Waals surface area contributed by atoms with Crippen LogP contribution in [0.2, 0.25) is 0 Å². The molecule has 0 unspecified atom stereocenters. The molecule has 0 aliphatic carbocycles. The first-order valence-electron chi connectivity index (χ1n) is 11.6. The summed E-state index contributed by atoms with van der Waals surface area (Å²) in [6, 6.07) is 21.1. The first-order valence-corrected chi connectivity index (χ1v) is 12.8. The number of nitrogens with zero attached hydrogens (tertiary/aromatic N) is 1. The second-order valence-corrected chi connectivity index (χ2v) is 9.21. The van der Waals surface area contributed by atoms with Crippen molar-refractivity contribution >= 4 is 23.6 Å². The van der Waals surface area contributed by atoms with Gasteiger partial charge >= 0.3 is 0 Å². The summed E-state index contributed by atoms with van der Waals surface area (Å²) < 4.78 is 27.7. The van der Waals surface area contributed by atoms with Crippen molar-refractivity contribution in [2.24, 2.45) is 0 Å². The number of benzene rings is 3. The van der Waals surface area contributed by atoms with Gasteiger partial charge in [0.1, 0.15) is 17.7 Å². The first-order chi connectivity index (χ1) is 17.0. The van der Waals surface area contributed by atoms with E-state index in [4.69, 9.17) is 0 Å². The van der Waals surface area contributed by atoms with Crippen molar-refractivity contribution in [3.05, 3.63) is 107 Å². The van der Waals surface area contributed by atoms with Crippen LogP contribution in [0.4, 0.5) is 8.78 Å². The summed E-state index contributed by atoms with van der Waals surface area (Å²) in [5.74, 6) is -0.621. The van der Waals surface area contributed by atoms with Crippen molar-refractivity contribution in [3.8, 4) is 0 Å². The number of nitrogens with one attached hydrogen (secondary N) is 1. The number of rotatable bonds is 12. The summed E-state index contributed by atoms with van der Waals surface area (Å²) >= 11 is 1.38. The van der Waals surface area contributed by atoms with Gasteiger partial charge in [-0.1, -0.05) is 67.6 Å². The number of hydrogen-bond acceptors (Lipinski definition) is 3. The van der Waals surface area contributed by atoms with Gasteiger partial charge in [-0.15, -0.1) is 11.8 Å². The minimum Gasteiger partial charge on any atom is -0.354 e. The fourth-order valence-electron chi connectivity index (χ4n) is 3.65. The van der Waals surface area contributed by atoms with Crippen LogP contribution in [0.5, 0.6) is 0 Å². The van der Waals surface area contributed by atoms with Crippen molar-refractivity contribution in [1.29, 1.82) is 0 Å². The molecule has 4 nitrogen and oxygen atoms in total. The summed E-state index contributed by atoms with van der Waals surface area (Å²) in [7, 11) is 0. The maximum atomic E-state index is 14.5. The van der Waals surface area contributed by atoms with Gasteiger partial charge in [0.05, 0.1) is 5.75 Å². The third kappa shape index (κ3) is 8.21. The molecule has 0 saturated heterocycles. The van der Waals surface area contributed by atoms with Crippen LogP contribution in [0.25, 0.3) is 0 Å². The van der Waals surface area contributed by atoms with Gasteiger partial charge in [0.25, 0.3) is 0 Å². The van der Waals surface area contributed by atoms with Gasteiger partial charge < -0.3 is 10.2 Å². The standard InChI is InChI=1S/C28H30F2N2O2S/c1-2-16-31-28(34)26(17-21-8-4-3-5-9-21)32(18-23-10-6-7-11-25(23)30)27(33)20-35-19-22-12-14-24(29)15-13-22/h3-15,26H,2,16-20H2,1H3,(H,31,34)/t26-/m0/s1. The second-order valence-electron chi connectivity index (χ2n) is 8.23. The Hall–Kier alpha value is -3.19. The Bertz CT molecular complexity index is 1090. The lowest BCUT2D eigenvalue weighted by Gasteiger charge is -2.31. The fraction of sp³-hybridized carbons (Fsp3) is 0.286. The van der Waals surface area contributed by atoms with Crippen molar-refractivity contribution in [3.63, 3.8) is 0 Å². The highest BCUT2D eigenvalue weighted by Gasteiger charge is 2.30. The molecule has 0 aliphatic rings. The number of amides is 2. The fourth-order valence-corrected chi connectivity index (χ4v) is 4.52. The SMILES string of the molecule is CCCNC(=O)[C@H](Cc1ccccc1)N(Cc1ccccc1F)C(=O)CSCc1ccc(F)cc1. The summed E-state index contributed by atoms with van der Waals surface area (Å²) in [5.41, 5.74) is 2.16. The summed E-state index contributed by atoms with van der Waals surface area (Å²) in [5, 5.41) is 2.91. The van der Waals surface area contributed by atoms with Gasteiger partial charge in [0.15, 0.2) is 0 Å². The molecule has 0 heterocycles. The Labute approximate surface area is 209 Å². The lowest BCUT2D eigenvalue weighted by molar-refractivity contribution is -0.139. The molecular formula is C28H30F2N2O2S. The quantitative estimate of drug-likeness (QED) is 0.367. The van der Waals surface area contributed by atoms with E-state index in [1.807, 2.05) is 37.3 Å². The lowest BCUT2D eigenvalue weighted by Crippen LogP contribution is -2.51. The number of thioether (sulfide) groups is 1. The third-order valence-corrected chi connectivity index (χ3v) is 6.51. The predicted octanol–water partition coefficient (Wildman–Crippen LogP) is 5.36. The van der Waals surface area contributed by atoms with Crippen LogP contribution >= 0.6 is 11.8 Å². The number of carbonyl (C=O) groups is 2. The molecule has 3 aromatic rings. The van der Waals surface area contributed by atoms with Crippen LogP contribution in [0, 0.1) is 11.6 Å². The van der Waals surface area contributed by atoms with Gasteiger partial charge in [-0.25, -0.2) is 8.78 Å². The monoisotopic (exact) mass is 496 g/mol. The van der Waals surface area contributed by atoms with E-state index in [1.54, 1.807) is 30.3 Å². The Morgan fingerprint density at radius 2 is 1.60 bits per heavy atom. The van der Waals surface area contributed by atoms with E-state index >= 15 is 0 Å². The Balaban J connectivity index is 1.83. The first kappa shape index (κ1) is 26.4. The zero-order valence-electron chi connectivity index (χ0n) is 19.8. The average molecular weight is 497 g/mol. The van der Waals surface area contributed by atoms with E-state index in [-0.39, 0.29) is 29.9 Å². The molecule has 3 rings (SSSR count). The molecule has 1 atom stereocenters. The van der Waals surface area contributed by atoms with Crippen molar-refractivity contribution in [2.45, 2.75) is 38.1 Å². The van der Waals surface area contributed by atoms with Gasteiger partial charge in [-0.3, -0.25) is 9.59 Å². The van der Waals surface area contributed by atoms with E-state index in [1.165, 1.54) is 34.9 Å². The van der Waals surface area contributed by atoms with Crippen molar-refractivity contribution in [1.82, 2.24) is 10.2 Å². The van der Waals surface area contributed by atoms with E-state index in [0.29, 0.717) is 24.3 Å². The maximum absolute atomic E-state index is 14.5. The van der Waals surface area contributed by atoms with Crippen LogP contribution in [0.15, 0.2) is 78.9 Å². The molecule has 0 saturated carbocycles. The molecule has 1 N–H and O–H groups in total. The van der Waals surface area contributed by atoms with E-state index in [2.05, 4.69) is 5.32 Å². The number of hydrogen-bond donors (Lipinski definition) is 1. The molecule has 2 amide bonds. The molecule has 0 aromatic heterocycles. The molecule has 7 heteroatoms. The zero-order chi connectivity index (χ0) is 25.0. The zero-order valence-corrected chi connectivity index (χ0v) is 20.6. The molecule has 3 aromatic carbocycles. The molecule has 0 spiro atoms. The molecule has 0 fully saturated rings. The lowest BCUT2D eigenvalue weighted by atomic mass is 10.0. The van der Waals surface area contributed by atoms with E-state index in [0.717, 1.165) is 17.5 Å². The van der Waals surface area contributed by atoms with Crippen LogP contribution in [0.1, 0.15) is 30.0 Å². The molecule has 0 radical (unpaired) electrons. The average Bonchev–Trinajstić information content (AvgIpc) is 2.87. The summed E-state index contributed by atoms with van der Waals surface area (Å²) in [6.45, 7) is 2.44. The summed E-state index contributed by atoms with van der Waals surface area (Å²) in [6.07, 6.45) is 1.08. The van der Waals surface area contributed by atoms with Crippen LogP contribution in [0.3, 0.4) is 0 Å². The van der Waals surface area contributed by atoms with E-state index < -0.39 is 11.9 Å². The molecule has 35 heavy (non-hydrogen) atoms. The Morgan fingerprint density at radius 1 is 0.914 bits per heavy atom. The number of halogens is 2. The third-order valence-electron chi connectivity index (χ3n) is 5.53. The smallest absolute Gasteiger partial charge is 0.243 e. The highest BCUT2D eigenvalue weighted by molar-refractivity contribution is 7.99. The highest BCUT2D eigenvalue weighted by Crippen LogP contribution is 2.20. The van der Waals surface area contributed by atoms with Gasteiger partial charge in [-0.2, -0.15) is 0 Å².